The third kappa shape index (κ3) is 3.90. The Morgan fingerprint density at radius 2 is 1.91 bits per heavy atom. The van der Waals surface area contributed by atoms with Crippen LogP contribution in [0.15, 0.2) is 47.3 Å². The Kier molecular flexibility index (Phi) is 5.70. The van der Waals surface area contributed by atoms with Crippen LogP contribution in [0.25, 0.3) is 10.9 Å². The van der Waals surface area contributed by atoms with Gasteiger partial charge in [-0.15, -0.1) is 0 Å². The van der Waals surface area contributed by atoms with Crippen molar-refractivity contribution < 1.29 is 14.3 Å². The van der Waals surface area contributed by atoms with E-state index in [1.165, 1.54) is 4.57 Å². The Balaban J connectivity index is 1.34. The quantitative estimate of drug-likeness (QED) is 0.608. The van der Waals surface area contributed by atoms with Crippen molar-refractivity contribution in [3.05, 3.63) is 63.2 Å². The molecular weight excluding hydrogens is 426 g/mol. The average Bonchev–Trinajstić information content (AvgIpc) is 3.17. The summed E-state index contributed by atoms with van der Waals surface area (Å²) in [5, 5.41) is 0.569. The van der Waals surface area contributed by atoms with Gasteiger partial charge in [-0.25, -0.2) is 0 Å². The lowest BCUT2D eigenvalue weighted by Crippen LogP contribution is -2.32. The first-order chi connectivity index (χ1) is 15.6. The van der Waals surface area contributed by atoms with Crippen molar-refractivity contribution in [1.82, 2.24) is 14.5 Å². The number of hydrogen-bond donors (Lipinski definition) is 1. The number of likely N-dealkylation sites (tertiary alicyclic amines) is 1. The van der Waals surface area contributed by atoms with Gasteiger partial charge in [0.1, 0.15) is 0 Å². The zero-order valence-electron chi connectivity index (χ0n) is 17.7. The summed E-state index contributed by atoms with van der Waals surface area (Å²) in [4.78, 5) is 31.0. The van der Waals surface area contributed by atoms with Crippen LogP contribution >= 0.6 is 12.2 Å². The topological polar surface area (TPSA) is 76.6 Å². The molecule has 1 saturated heterocycles. The number of carbonyl (C=O) groups is 1. The molecule has 1 aromatic heterocycles. The number of hydrogen-bond acceptors (Lipinski definition) is 5. The van der Waals surface area contributed by atoms with E-state index in [4.69, 9.17) is 21.7 Å². The molecule has 3 heterocycles. The van der Waals surface area contributed by atoms with Crippen LogP contribution in [0.2, 0.25) is 0 Å². The fourth-order valence-corrected chi connectivity index (χ4v) is 4.84. The van der Waals surface area contributed by atoms with Gasteiger partial charge in [0.15, 0.2) is 16.3 Å². The standard InChI is InChI=1S/C24H25N3O4S/c28-22(10-12-27-23(29)17-5-1-2-6-18(17)25-24(27)32)26-11-3-7-19(26)16-8-9-20-21(15-16)31-14-4-13-30-20/h1-2,5-6,8-9,15,19H,3-4,7,10-14H2,(H,25,32). The van der Waals surface area contributed by atoms with E-state index in [1.807, 2.05) is 41.3 Å². The summed E-state index contributed by atoms with van der Waals surface area (Å²) in [7, 11) is 0. The largest absolute Gasteiger partial charge is 0.490 e. The van der Waals surface area contributed by atoms with Crippen LogP contribution in [0.1, 0.15) is 37.3 Å². The Morgan fingerprint density at radius 3 is 2.78 bits per heavy atom. The van der Waals surface area contributed by atoms with Crippen LogP contribution in [-0.2, 0) is 11.3 Å². The second-order valence-electron chi connectivity index (χ2n) is 8.18. The molecule has 1 fully saturated rings. The molecule has 0 aliphatic carbocycles. The van der Waals surface area contributed by atoms with Crippen LogP contribution in [0, 0.1) is 4.77 Å². The molecule has 7 nitrogen and oxygen atoms in total. The van der Waals surface area contributed by atoms with Crippen molar-refractivity contribution in [3.8, 4) is 11.5 Å². The van der Waals surface area contributed by atoms with Gasteiger partial charge in [0.2, 0.25) is 5.91 Å². The number of para-hydroxylation sites is 1. The van der Waals surface area contributed by atoms with Crippen molar-refractivity contribution in [3.63, 3.8) is 0 Å². The number of aromatic amines is 1. The van der Waals surface area contributed by atoms with Gasteiger partial charge in [0.25, 0.3) is 5.56 Å². The van der Waals surface area contributed by atoms with E-state index in [-0.39, 0.29) is 30.5 Å². The summed E-state index contributed by atoms with van der Waals surface area (Å²) < 4.78 is 13.4. The first-order valence-corrected chi connectivity index (χ1v) is 11.4. The summed E-state index contributed by atoms with van der Waals surface area (Å²) in [6.45, 7) is 2.24. The summed E-state index contributed by atoms with van der Waals surface area (Å²) in [6, 6.07) is 13.2. The molecule has 1 N–H and O–H groups in total. The van der Waals surface area contributed by atoms with E-state index in [0.717, 1.165) is 36.3 Å². The van der Waals surface area contributed by atoms with Crippen LogP contribution in [-0.4, -0.2) is 40.1 Å². The number of H-pyrrole nitrogens is 1. The van der Waals surface area contributed by atoms with Gasteiger partial charge < -0.3 is 19.4 Å². The normalized spacial score (nSPS) is 18.0. The summed E-state index contributed by atoms with van der Waals surface area (Å²) in [5.41, 5.74) is 1.59. The van der Waals surface area contributed by atoms with Crippen LogP contribution in [0.4, 0.5) is 0 Å². The highest BCUT2D eigenvalue weighted by molar-refractivity contribution is 7.71. The van der Waals surface area contributed by atoms with Gasteiger partial charge in [0.05, 0.1) is 30.2 Å². The first-order valence-electron chi connectivity index (χ1n) is 11.0. The molecule has 3 aromatic rings. The zero-order chi connectivity index (χ0) is 22.1. The van der Waals surface area contributed by atoms with E-state index in [2.05, 4.69) is 4.98 Å². The van der Waals surface area contributed by atoms with Crippen LogP contribution < -0.4 is 15.0 Å². The Morgan fingerprint density at radius 1 is 1.09 bits per heavy atom. The number of aromatic nitrogens is 2. The summed E-state index contributed by atoms with van der Waals surface area (Å²) in [5.74, 6) is 1.52. The molecular formula is C24H25N3O4S. The summed E-state index contributed by atoms with van der Waals surface area (Å²) >= 11 is 5.38. The predicted molar refractivity (Wildman–Crippen MR) is 124 cm³/mol. The number of carbonyl (C=O) groups excluding carboxylic acids is 1. The van der Waals surface area contributed by atoms with E-state index in [1.54, 1.807) is 6.07 Å². The lowest BCUT2D eigenvalue weighted by molar-refractivity contribution is -0.132. The number of benzene rings is 2. The van der Waals surface area contributed by atoms with Crippen molar-refractivity contribution in [2.75, 3.05) is 19.8 Å². The third-order valence-corrected chi connectivity index (χ3v) is 6.49. The molecule has 1 unspecified atom stereocenters. The van der Waals surface area contributed by atoms with Crippen molar-refractivity contribution in [2.24, 2.45) is 0 Å². The fourth-order valence-electron chi connectivity index (χ4n) is 4.55. The third-order valence-electron chi connectivity index (χ3n) is 6.17. The minimum atomic E-state index is -0.168. The smallest absolute Gasteiger partial charge is 0.262 e. The predicted octanol–water partition coefficient (Wildman–Crippen LogP) is 3.97. The molecule has 166 valence electrons. The van der Waals surface area contributed by atoms with Gasteiger partial charge in [-0.1, -0.05) is 18.2 Å². The molecule has 0 radical (unpaired) electrons. The van der Waals surface area contributed by atoms with E-state index in [0.29, 0.717) is 35.4 Å². The van der Waals surface area contributed by atoms with E-state index in [9.17, 15) is 9.59 Å². The number of amides is 1. The second kappa shape index (κ2) is 8.78. The number of rotatable bonds is 4. The maximum atomic E-state index is 13.1. The van der Waals surface area contributed by atoms with Gasteiger partial charge in [-0.3, -0.25) is 14.2 Å². The lowest BCUT2D eigenvalue weighted by atomic mass is 10.0. The molecule has 5 rings (SSSR count). The first kappa shape index (κ1) is 20.8. The molecule has 8 heteroatoms. The number of ether oxygens (including phenoxy) is 2. The number of nitrogens with zero attached hydrogens (tertiary/aromatic N) is 2. The maximum absolute atomic E-state index is 13.1. The molecule has 2 aliphatic rings. The molecule has 1 atom stereocenters. The molecule has 32 heavy (non-hydrogen) atoms. The maximum Gasteiger partial charge on any atom is 0.262 e. The van der Waals surface area contributed by atoms with Gasteiger partial charge >= 0.3 is 0 Å². The lowest BCUT2D eigenvalue weighted by Gasteiger charge is -2.26. The van der Waals surface area contributed by atoms with Gasteiger partial charge in [0, 0.05) is 25.9 Å². The molecule has 2 aromatic carbocycles. The minimum Gasteiger partial charge on any atom is -0.490 e. The summed E-state index contributed by atoms with van der Waals surface area (Å²) in [6.07, 6.45) is 2.92. The highest BCUT2D eigenvalue weighted by Gasteiger charge is 2.30. The Bertz CT molecular complexity index is 1280. The molecule has 1 amide bonds. The Hall–Kier alpha value is -3.13. The van der Waals surface area contributed by atoms with Crippen molar-refractivity contribution >= 4 is 29.0 Å². The molecule has 0 saturated carbocycles. The van der Waals surface area contributed by atoms with E-state index < -0.39 is 0 Å². The van der Waals surface area contributed by atoms with Gasteiger partial charge in [-0.05, 0) is 54.9 Å². The second-order valence-corrected chi connectivity index (χ2v) is 8.57. The molecule has 0 spiro atoms. The van der Waals surface area contributed by atoms with Crippen molar-refractivity contribution in [2.45, 2.75) is 38.3 Å². The van der Waals surface area contributed by atoms with E-state index >= 15 is 0 Å². The number of fused-ring (bicyclic) bond motifs is 2. The molecule has 2 aliphatic heterocycles. The highest BCUT2D eigenvalue weighted by Crippen LogP contribution is 2.38. The monoisotopic (exact) mass is 451 g/mol. The SMILES string of the molecule is O=C(CCn1c(=S)[nH]c2ccccc2c1=O)N1CCCC1c1ccc2c(c1)OCCCO2. The number of nitrogens with one attached hydrogen (secondary N) is 1. The average molecular weight is 452 g/mol. The van der Waals surface area contributed by atoms with Crippen LogP contribution in [0.5, 0.6) is 11.5 Å². The Labute approximate surface area is 190 Å². The van der Waals surface area contributed by atoms with Crippen molar-refractivity contribution in [1.29, 1.82) is 0 Å². The fraction of sp³-hybridized carbons (Fsp3) is 0.375. The van der Waals surface area contributed by atoms with Crippen LogP contribution in [0.3, 0.4) is 0 Å². The highest BCUT2D eigenvalue weighted by atomic mass is 32.1. The van der Waals surface area contributed by atoms with Gasteiger partial charge in [-0.2, -0.15) is 0 Å². The zero-order valence-corrected chi connectivity index (χ0v) is 18.5. The minimum absolute atomic E-state index is 0.00233. The molecule has 0 bridgehead atoms.